The molecule has 0 spiro atoms. The Balaban J connectivity index is 1.92. The molecule has 146 valence electrons. The van der Waals surface area contributed by atoms with Gasteiger partial charge in [-0.15, -0.1) is 0 Å². The van der Waals surface area contributed by atoms with E-state index in [0.717, 1.165) is 11.3 Å². The summed E-state index contributed by atoms with van der Waals surface area (Å²) in [6.45, 7) is 0.367. The van der Waals surface area contributed by atoms with Gasteiger partial charge in [-0.1, -0.05) is 35.3 Å². The number of hydrogen-bond donors (Lipinski definition) is 1. The number of carbonyl (C=O) groups excluding carboxylic acids is 1. The summed E-state index contributed by atoms with van der Waals surface area (Å²) < 4.78 is 5.47. The topological polar surface area (TPSA) is 44.8 Å². The largest absolute Gasteiger partial charge is 0.482 e. The van der Waals surface area contributed by atoms with E-state index in [1.807, 2.05) is 28.2 Å². The number of hydrogen-bond acceptors (Lipinski definition) is 4. The molecule has 0 aromatic heterocycles. The molecule has 0 fully saturated rings. The van der Waals surface area contributed by atoms with Gasteiger partial charge in [0.2, 0.25) is 0 Å². The molecule has 0 aliphatic heterocycles. The highest BCUT2D eigenvalue weighted by molar-refractivity contribution is 6.35. The monoisotopic (exact) mass is 409 g/mol. The SMILES string of the molecule is CN(C)c1ccc(C(CNC(=O)COc2ccc(Cl)cc2Cl)N(C)C)cc1. The molecule has 1 amide bonds. The van der Waals surface area contributed by atoms with E-state index in [2.05, 4.69) is 39.4 Å². The van der Waals surface area contributed by atoms with Crippen molar-refractivity contribution in [1.29, 1.82) is 0 Å². The molecule has 2 aromatic carbocycles. The van der Waals surface area contributed by atoms with Crippen molar-refractivity contribution in [1.82, 2.24) is 10.2 Å². The molecule has 0 bridgehead atoms. The maximum atomic E-state index is 12.2. The average molecular weight is 410 g/mol. The highest BCUT2D eigenvalue weighted by atomic mass is 35.5. The molecule has 0 aliphatic carbocycles. The number of amides is 1. The van der Waals surface area contributed by atoms with Crippen LogP contribution in [0.2, 0.25) is 10.0 Å². The first-order valence-corrected chi connectivity index (χ1v) is 9.31. The van der Waals surface area contributed by atoms with E-state index in [1.165, 1.54) is 0 Å². The Morgan fingerprint density at radius 1 is 1.07 bits per heavy atom. The standard InChI is InChI=1S/C20H25Cl2N3O2/c1-24(2)16-8-5-14(6-9-16)18(25(3)4)12-23-20(26)13-27-19-10-7-15(21)11-17(19)22/h5-11,18H,12-13H2,1-4H3,(H,23,26). The van der Waals surface area contributed by atoms with Crippen LogP contribution >= 0.6 is 23.2 Å². The molecule has 0 heterocycles. The zero-order chi connectivity index (χ0) is 20.0. The van der Waals surface area contributed by atoms with Crippen LogP contribution in [0.15, 0.2) is 42.5 Å². The molecule has 7 heteroatoms. The maximum absolute atomic E-state index is 12.2. The number of halogens is 2. The van der Waals surface area contributed by atoms with E-state index in [-0.39, 0.29) is 18.6 Å². The number of ether oxygens (including phenoxy) is 1. The second-order valence-corrected chi connectivity index (χ2v) is 7.48. The van der Waals surface area contributed by atoms with Crippen molar-refractivity contribution >= 4 is 34.8 Å². The van der Waals surface area contributed by atoms with Crippen molar-refractivity contribution in [3.8, 4) is 5.75 Å². The van der Waals surface area contributed by atoms with Gasteiger partial charge in [-0.25, -0.2) is 0 Å². The lowest BCUT2D eigenvalue weighted by Crippen LogP contribution is -2.36. The molecule has 0 radical (unpaired) electrons. The van der Waals surface area contributed by atoms with Gasteiger partial charge in [-0.3, -0.25) is 4.79 Å². The van der Waals surface area contributed by atoms with Gasteiger partial charge in [0.25, 0.3) is 5.91 Å². The highest BCUT2D eigenvalue weighted by Crippen LogP contribution is 2.27. The first kappa shape index (κ1) is 21.4. The number of likely N-dealkylation sites (N-methyl/N-ethyl adjacent to an activating group) is 1. The normalized spacial score (nSPS) is 12.0. The molecule has 1 atom stereocenters. The summed E-state index contributed by atoms with van der Waals surface area (Å²) in [6, 6.07) is 13.2. The predicted octanol–water partition coefficient (Wildman–Crippen LogP) is 3.86. The Bertz CT molecular complexity index is 764. The average Bonchev–Trinajstić information content (AvgIpc) is 2.61. The number of nitrogens with one attached hydrogen (secondary N) is 1. The summed E-state index contributed by atoms with van der Waals surface area (Å²) >= 11 is 11.9. The van der Waals surface area contributed by atoms with Crippen LogP contribution in [0.25, 0.3) is 0 Å². The first-order valence-electron chi connectivity index (χ1n) is 8.56. The van der Waals surface area contributed by atoms with Crippen LogP contribution in [-0.2, 0) is 4.79 Å². The van der Waals surface area contributed by atoms with E-state index >= 15 is 0 Å². The molecule has 5 nitrogen and oxygen atoms in total. The molecule has 27 heavy (non-hydrogen) atoms. The van der Waals surface area contributed by atoms with Crippen LogP contribution in [0, 0.1) is 0 Å². The van der Waals surface area contributed by atoms with Gasteiger partial charge in [0, 0.05) is 31.4 Å². The molecule has 1 N–H and O–H groups in total. The fourth-order valence-corrected chi connectivity index (χ4v) is 3.05. The minimum absolute atomic E-state index is 0.0595. The number of rotatable bonds is 8. The third kappa shape index (κ3) is 6.31. The number of carbonyl (C=O) groups is 1. The van der Waals surface area contributed by atoms with E-state index in [4.69, 9.17) is 27.9 Å². The Hall–Kier alpha value is -1.95. The van der Waals surface area contributed by atoms with Crippen LogP contribution in [0.5, 0.6) is 5.75 Å². The quantitative estimate of drug-likeness (QED) is 0.718. The Morgan fingerprint density at radius 2 is 1.74 bits per heavy atom. The molecule has 2 rings (SSSR count). The second-order valence-electron chi connectivity index (χ2n) is 6.63. The lowest BCUT2D eigenvalue weighted by Gasteiger charge is -2.25. The molecular formula is C20H25Cl2N3O2. The molecule has 2 aromatic rings. The predicted molar refractivity (Wildman–Crippen MR) is 112 cm³/mol. The smallest absolute Gasteiger partial charge is 0.258 e. The third-order valence-electron chi connectivity index (χ3n) is 4.16. The molecular weight excluding hydrogens is 385 g/mol. The number of benzene rings is 2. The van der Waals surface area contributed by atoms with E-state index in [0.29, 0.717) is 22.3 Å². The third-order valence-corrected chi connectivity index (χ3v) is 4.69. The molecule has 0 aliphatic rings. The summed E-state index contributed by atoms with van der Waals surface area (Å²) in [5.41, 5.74) is 2.26. The Morgan fingerprint density at radius 3 is 2.30 bits per heavy atom. The van der Waals surface area contributed by atoms with Gasteiger partial charge in [0.05, 0.1) is 11.1 Å². The zero-order valence-corrected chi connectivity index (χ0v) is 17.5. The Kier molecular flexibility index (Phi) is 7.78. The first-order chi connectivity index (χ1) is 12.8. The Labute approximate surface area is 170 Å². The second kappa shape index (κ2) is 9.83. The van der Waals surface area contributed by atoms with Crippen LogP contribution in [-0.4, -0.2) is 52.1 Å². The number of nitrogens with zero attached hydrogens (tertiary/aromatic N) is 2. The summed E-state index contributed by atoms with van der Waals surface area (Å²) in [6.07, 6.45) is 0. The lowest BCUT2D eigenvalue weighted by atomic mass is 10.1. The van der Waals surface area contributed by atoms with Gasteiger partial charge >= 0.3 is 0 Å². The molecule has 0 saturated heterocycles. The summed E-state index contributed by atoms with van der Waals surface area (Å²) in [4.78, 5) is 16.3. The fraction of sp³-hybridized carbons (Fsp3) is 0.350. The van der Waals surface area contributed by atoms with Crippen LogP contribution in [0.4, 0.5) is 5.69 Å². The summed E-state index contributed by atoms with van der Waals surface area (Å²) in [5.74, 6) is 0.220. The van der Waals surface area contributed by atoms with Crippen molar-refractivity contribution in [3.05, 3.63) is 58.1 Å². The highest BCUT2D eigenvalue weighted by Gasteiger charge is 2.16. The van der Waals surface area contributed by atoms with Crippen LogP contribution in [0.3, 0.4) is 0 Å². The van der Waals surface area contributed by atoms with E-state index in [1.54, 1.807) is 18.2 Å². The van der Waals surface area contributed by atoms with Crippen molar-refractivity contribution in [3.63, 3.8) is 0 Å². The van der Waals surface area contributed by atoms with E-state index < -0.39 is 0 Å². The van der Waals surface area contributed by atoms with Crippen molar-refractivity contribution in [2.75, 3.05) is 46.2 Å². The lowest BCUT2D eigenvalue weighted by molar-refractivity contribution is -0.123. The van der Waals surface area contributed by atoms with Crippen molar-refractivity contribution < 1.29 is 9.53 Å². The zero-order valence-electron chi connectivity index (χ0n) is 16.0. The maximum Gasteiger partial charge on any atom is 0.258 e. The molecule has 0 saturated carbocycles. The fourth-order valence-electron chi connectivity index (χ4n) is 2.59. The minimum Gasteiger partial charge on any atom is -0.482 e. The van der Waals surface area contributed by atoms with Gasteiger partial charge in [-0.2, -0.15) is 0 Å². The van der Waals surface area contributed by atoms with Gasteiger partial charge in [0.15, 0.2) is 6.61 Å². The van der Waals surface area contributed by atoms with Crippen LogP contribution < -0.4 is 15.0 Å². The van der Waals surface area contributed by atoms with Gasteiger partial charge in [-0.05, 0) is 50.0 Å². The van der Waals surface area contributed by atoms with E-state index in [9.17, 15) is 4.79 Å². The van der Waals surface area contributed by atoms with Gasteiger partial charge in [0.1, 0.15) is 5.75 Å². The van der Waals surface area contributed by atoms with Crippen LogP contribution in [0.1, 0.15) is 11.6 Å². The minimum atomic E-state index is -0.210. The number of anilines is 1. The van der Waals surface area contributed by atoms with Gasteiger partial charge < -0.3 is 19.9 Å². The van der Waals surface area contributed by atoms with Crippen molar-refractivity contribution in [2.45, 2.75) is 6.04 Å². The summed E-state index contributed by atoms with van der Waals surface area (Å²) in [7, 11) is 7.98. The molecule has 1 unspecified atom stereocenters. The van der Waals surface area contributed by atoms with Crippen molar-refractivity contribution in [2.24, 2.45) is 0 Å². The summed E-state index contributed by atoms with van der Waals surface area (Å²) in [5, 5.41) is 3.81.